The highest BCUT2D eigenvalue weighted by Gasteiger charge is 2.65. The molecule has 2 aliphatic rings. The van der Waals surface area contributed by atoms with Crippen LogP contribution < -0.4 is 11.0 Å². The second-order valence-electron chi connectivity index (χ2n) is 10.9. The number of hydrogen-bond donors (Lipinski definition) is 2. The highest BCUT2D eigenvalue weighted by Crippen LogP contribution is 2.51. The minimum Gasteiger partial charge on any atom is -0.523 e. The summed E-state index contributed by atoms with van der Waals surface area (Å²) in [5, 5.41) is 24.4. The van der Waals surface area contributed by atoms with E-state index in [-0.39, 0.29) is 33.7 Å². The van der Waals surface area contributed by atoms with E-state index in [0.717, 1.165) is 4.57 Å². The van der Waals surface area contributed by atoms with Crippen molar-refractivity contribution >= 4 is 28.8 Å². The van der Waals surface area contributed by atoms with E-state index in [9.17, 15) is 20.0 Å². The number of ether oxygens (including phenoxy) is 1. The number of rotatable bonds is 6. The lowest BCUT2D eigenvalue weighted by molar-refractivity contribution is -0.114. The average molecular weight is 551 g/mol. The Labute approximate surface area is 219 Å². The fourth-order valence-corrected chi connectivity index (χ4v) is 15.9. The number of nitriles is 1. The van der Waals surface area contributed by atoms with E-state index in [4.69, 9.17) is 17.7 Å². The average Bonchev–Trinajstić information content (AvgIpc) is 3.04. The Morgan fingerprint density at radius 2 is 1.70 bits per heavy atom. The first-order valence-corrected chi connectivity index (χ1v) is 16.5. The molecule has 1 saturated heterocycles. The van der Waals surface area contributed by atoms with Gasteiger partial charge in [0.15, 0.2) is 11.9 Å². The lowest BCUT2D eigenvalue weighted by Gasteiger charge is -2.49. The van der Waals surface area contributed by atoms with Gasteiger partial charge in [0.05, 0.1) is 0 Å². The second kappa shape index (κ2) is 10.3. The Balaban J connectivity index is 2.21. The van der Waals surface area contributed by atoms with Crippen LogP contribution >= 0.6 is 0 Å². The molecule has 0 aromatic carbocycles. The summed E-state index contributed by atoms with van der Waals surface area (Å²) in [7, 11) is -6.13. The Kier molecular flexibility index (Phi) is 8.12. The first-order chi connectivity index (χ1) is 17.1. The first kappa shape index (κ1) is 29.1. The number of nitrogens with zero attached hydrogens (tertiary/aromatic N) is 3. The fourth-order valence-electron chi connectivity index (χ4n) is 5.07. The van der Waals surface area contributed by atoms with Crippen LogP contribution in [0, 0.1) is 11.3 Å². The largest absolute Gasteiger partial charge is 0.523 e. The molecule has 13 heteroatoms. The number of amides is 1. The number of hydrogen-bond acceptors (Lipinski definition) is 9. The highest BCUT2D eigenvalue weighted by atomic mass is 28.5. The molecule has 1 fully saturated rings. The van der Waals surface area contributed by atoms with Crippen LogP contribution in [-0.2, 0) is 22.5 Å². The minimum atomic E-state index is -3.19. The van der Waals surface area contributed by atoms with E-state index in [2.05, 4.69) is 38.0 Å². The van der Waals surface area contributed by atoms with Crippen molar-refractivity contribution in [1.29, 1.82) is 5.26 Å². The Hall–Kier alpha value is -2.51. The van der Waals surface area contributed by atoms with E-state index < -0.39 is 46.7 Å². The van der Waals surface area contributed by atoms with E-state index in [0.29, 0.717) is 0 Å². The molecule has 0 aliphatic carbocycles. The normalized spacial score (nSPS) is 28.0. The third-order valence-electron chi connectivity index (χ3n) is 7.05. The molecule has 1 aromatic heterocycles. The fraction of sp³-hybridized carbons (Fsp3) is 0.667. The number of fused-ring (bicyclic) bond motifs is 1. The van der Waals surface area contributed by atoms with Crippen LogP contribution in [0.4, 0.5) is 5.82 Å². The predicted octanol–water partition coefficient (Wildman–Crippen LogP) is 3.78. The Bertz CT molecular complexity index is 1140. The van der Waals surface area contributed by atoms with Gasteiger partial charge in [-0.1, -0.05) is 55.4 Å². The summed E-state index contributed by atoms with van der Waals surface area (Å²) in [5.74, 6) is -0.233. The molecule has 2 N–H and O–H groups in total. The van der Waals surface area contributed by atoms with Gasteiger partial charge in [-0.25, -0.2) is 4.79 Å². The third kappa shape index (κ3) is 4.88. The van der Waals surface area contributed by atoms with Gasteiger partial charge in [0, 0.05) is 24.2 Å². The maximum Gasteiger partial charge on any atom is 0.395 e. The van der Waals surface area contributed by atoms with Crippen molar-refractivity contribution in [2.45, 2.75) is 102 Å². The summed E-state index contributed by atoms with van der Waals surface area (Å²) < 4.78 is 27.4. The van der Waals surface area contributed by atoms with Crippen molar-refractivity contribution < 1.29 is 27.6 Å². The zero-order valence-electron chi connectivity index (χ0n) is 22.9. The van der Waals surface area contributed by atoms with E-state index in [1.54, 1.807) is 0 Å². The van der Waals surface area contributed by atoms with Crippen molar-refractivity contribution in [1.82, 2.24) is 9.55 Å². The van der Waals surface area contributed by atoms with Crippen LogP contribution in [-0.4, -0.2) is 49.4 Å². The Morgan fingerprint density at radius 3 is 2.16 bits per heavy atom. The summed E-state index contributed by atoms with van der Waals surface area (Å²) in [5.41, 5.74) is -3.09. The van der Waals surface area contributed by atoms with Gasteiger partial charge >= 0.3 is 22.8 Å². The van der Waals surface area contributed by atoms with Crippen LogP contribution in [0.25, 0.3) is 0 Å². The topological polar surface area (TPSA) is 145 Å². The quantitative estimate of drug-likeness (QED) is 0.399. The van der Waals surface area contributed by atoms with Gasteiger partial charge in [0.25, 0.3) is 0 Å². The van der Waals surface area contributed by atoms with E-state index in [1.807, 2.05) is 33.8 Å². The van der Waals surface area contributed by atoms with E-state index >= 15 is 0 Å². The van der Waals surface area contributed by atoms with Gasteiger partial charge in [0.2, 0.25) is 17.7 Å². The zero-order chi connectivity index (χ0) is 27.9. The number of aromatic nitrogens is 2. The molecule has 3 rings (SSSR count). The van der Waals surface area contributed by atoms with Crippen LogP contribution in [0.3, 0.4) is 0 Å². The van der Waals surface area contributed by atoms with Crippen LogP contribution in [0.15, 0.2) is 29.1 Å². The molecule has 204 valence electrons. The van der Waals surface area contributed by atoms with E-state index in [1.165, 1.54) is 25.4 Å². The molecule has 3 atom stereocenters. The van der Waals surface area contributed by atoms with Crippen molar-refractivity contribution in [3.8, 4) is 6.07 Å². The summed E-state index contributed by atoms with van der Waals surface area (Å²) in [6.07, 6.45) is -0.0294. The second-order valence-corrected chi connectivity index (χ2v) is 19.7. The zero-order valence-corrected chi connectivity index (χ0v) is 24.9. The SMILES string of the molecule is CC(=O)Nc1ccn([C@@H]2O/C3=C/O[Si](C(C)C)(C(C)C)O[Si](C(C)C)(C(C)C)O[C@H]3C2(O)C#N)c(=O)n1. The van der Waals surface area contributed by atoms with Gasteiger partial charge in [-0.15, -0.1) is 0 Å². The lowest BCUT2D eigenvalue weighted by Crippen LogP contribution is -2.64. The molecule has 0 spiro atoms. The molecule has 1 unspecified atom stereocenters. The summed E-state index contributed by atoms with van der Waals surface area (Å²) >= 11 is 0. The molecule has 37 heavy (non-hydrogen) atoms. The highest BCUT2D eigenvalue weighted by molar-refractivity contribution is 6.84. The first-order valence-electron chi connectivity index (χ1n) is 12.6. The van der Waals surface area contributed by atoms with Crippen LogP contribution in [0.1, 0.15) is 68.5 Å². The smallest absolute Gasteiger partial charge is 0.395 e. The third-order valence-corrected chi connectivity index (χ3v) is 17.1. The number of carbonyl (C=O) groups excluding carboxylic acids is 1. The van der Waals surface area contributed by atoms with Crippen molar-refractivity contribution in [3.63, 3.8) is 0 Å². The number of aliphatic hydroxyl groups is 1. The molecule has 0 bridgehead atoms. The molecule has 0 saturated carbocycles. The monoisotopic (exact) mass is 550 g/mol. The molecule has 0 radical (unpaired) electrons. The molecule has 3 heterocycles. The van der Waals surface area contributed by atoms with Gasteiger partial charge in [-0.05, 0) is 17.1 Å². The number of nitrogens with one attached hydrogen (secondary N) is 1. The molecule has 2 aliphatic heterocycles. The molecule has 1 aromatic rings. The summed E-state index contributed by atoms with van der Waals surface area (Å²) in [4.78, 5) is 28.1. The van der Waals surface area contributed by atoms with Crippen LogP contribution in [0.2, 0.25) is 22.2 Å². The van der Waals surface area contributed by atoms with Gasteiger partial charge < -0.3 is 28.1 Å². The minimum absolute atomic E-state index is 0.0427. The summed E-state index contributed by atoms with van der Waals surface area (Å²) in [6.45, 7) is 17.6. The van der Waals surface area contributed by atoms with Gasteiger partial charge in [-0.2, -0.15) is 10.2 Å². The van der Waals surface area contributed by atoms with Crippen LogP contribution in [0.5, 0.6) is 0 Å². The molecular weight excluding hydrogens is 512 g/mol. The molecular formula is C24H38N4O7Si2. The molecule has 1 amide bonds. The Morgan fingerprint density at radius 1 is 1.14 bits per heavy atom. The van der Waals surface area contributed by atoms with Crippen molar-refractivity contribution in [3.05, 3.63) is 34.8 Å². The maximum absolute atomic E-state index is 12.9. The summed E-state index contributed by atoms with van der Waals surface area (Å²) in [6, 6.07) is 3.31. The lowest BCUT2D eigenvalue weighted by atomic mass is 9.98. The van der Waals surface area contributed by atoms with Crippen molar-refractivity contribution in [2.75, 3.05) is 5.32 Å². The number of carbonyl (C=O) groups is 1. The standard InChI is InChI=1S/C24H38N4O7Si2/c1-14(2)36(15(3)4)32-12-19-21(34-37(35-36,16(5)6)17(7)8)24(31,13-25)22(33-19)28-11-10-20(26-18(9)29)27-23(28)30/h10-12,14-17,21-22,31H,1-9H3,(H,26,27,29,30)/b19-12+/t21-,22-,24?/m1/s1. The van der Waals surface area contributed by atoms with Gasteiger partial charge in [0.1, 0.15) is 18.1 Å². The number of anilines is 1. The predicted molar refractivity (Wildman–Crippen MR) is 141 cm³/mol. The van der Waals surface area contributed by atoms with Gasteiger partial charge in [-0.3, -0.25) is 9.36 Å². The maximum atomic E-state index is 12.9. The van der Waals surface area contributed by atoms with Crippen molar-refractivity contribution in [2.24, 2.45) is 0 Å². The molecule has 11 nitrogen and oxygen atoms in total.